The molecule has 86 valence electrons. The highest BCUT2D eigenvalue weighted by Crippen LogP contribution is 2.17. The van der Waals surface area contributed by atoms with Crippen molar-refractivity contribution in [2.75, 3.05) is 7.05 Å². The Morgan fingerprint density at radius 3 is 2.76 bits per heavy atom. The molecule has 1 aromatic heterocycles. The zero-order valence-electron chi connectivity index (χ0n) is 9.67. The minimum Gasteiger partial charge on any atom is -0.346 e. The van der Waals surface area contributed by atoms with E-state index in [4.69, 9.17) is 0 Å². The second-order valence-corrected chi connectivity index (χ2v) is 3.94. The summed E-state index contributed by atoms with van der Waals surface area (Å²) in [5, 5.41) is 9.21. The van der Waals surface area contributed by atoms with Gasteiger partial charge in [0.05, 0.1) is 24.3 Å². The number of hydrogen-bond acceptors (Lipinski definition) is 3. The highest BCUT2D eigenvalue weighted by Gasteiger charge is 2.17. The summed E-state index contributed by atoms with van der Waals surface area (Å²) in [7, 11) is 1.93. The number of aromatic nitrogens is 2. The molecule has 4 heteroatoms. The Labute approximate surface area is 101 Å². The Morgan fingerprint density at radius 1 is 1.41 bits per heavy atom. The van der Waals surface area contributed by atoms with Gasteiger partial charge in [-0.3, -0.25) is 4.90 Å². The number of nitrogens with zero attached hydrogens (tertiary/aromatic N) is 3. The predicted octanol–water partition coefficient (Wildman–Crippen LogP) is 2.11. The van der Waals surface area contributed by atoms with Gasteiger partial charge in [0.15, 0.2) is 0 Å². The van der Waals surface area contributed by atoms with Crippen LogP contribution in [-0.2, 0) is 6.54 Å². The first-order chi connectivity index (χ1) is 8.31. The van der Waals surface area contributed by atoms with E-state index < -0.39 is 0 Å². The van der Waals surface area contributed by atoms with Crippen LogP contribution in [0, 0.1) is 11.3 Å². The Balaban J connectivity index is 2.09. The molecule has 1 aromatic carbocycles. The van der Waals surface area contributed by atoms with Crippen LogP contribution in [0.1, 0.15) is 17.3 Å². The van der Waals surface area contributed by atoms with E-state index in [2.05, 4.69) is 28.2 Å². The number of nitriles is 1. The van der Waals surface area contributed by atoms with Crippen LogP contribution >= 0.6 is 0 Å². The SMILES string of the molecule is CN(Cc1ccccc1)C(C#N)c1cnc[nH]1. The van der Waals surface area contributed by atoms with Gasteiger partial charge in [0, 0.05) is 6.54 Å². The lowest BCUT2D eigenvalue weighted by molar-refractivity contribution is 0.279. The van der Waals surface area contributed by atoms with E-state index in [1.165, 1.54) is 5.56 Å². The average Bonchev–Trinajstić information content (AvgIpc) is 2.85. The molecule has 0 bridgehead atoms. The minimum absolute atomic E-state index is 0.294. The zero-order valence-corrected chi connectivity index (χ0v) is 9.67. The number of hydrogen-bond donors (Lipinski definition) is 1. The summed E-state index contributed by atoms with van der Waals surface area (Å²) in [5.74, 6) is 0. The van der Waals surface area contributed by atoms with Gasteiger partial charge in [-0.25, -0.2) is 4.98 Å². The molecule has 0 fully saturated rings. The molecule has 0 aliphatic heterocycles. The Kier molecular flexibility index (Phi) is 3.53. The summed E-state index contributed by atoms with van der Waals surface area (Å²) in [6.07, 6.45) is 3.28. The van der Waals surface area contributed by atoms with Crippen LogP contribution in [0.15, 0.2) is 42.9 Å². The van der Waals surface area contributed by atoms with Crippen LogP contribution in [0.2, 0.25) is 0 Å². The van der Waals surface area contributed by atoms with E-state index in [9.17, 15) is 5.26 Å². The van der Waals surface area contributed by atoms with Crippen molar-refractivity contribution in [3.63, 3.8) is 0 Å². The Bertz CT molecular complexity index is 484. The third-order valence-corrected chi connectivity index (χ3v) is 2.65. The molecule has 0 spiro atoms. The topological polar surface area (TPSA) is 55.7 Å². The van der Waals surface area contributed by atoms with Crippen molar-refractivity contribution in [1.82, 2.24) is 14.9 Å². The monoisotopic (exact) mass is 226 g/mol. The van der Waals surface area contributed by atoms with Gasteiger partial charge in [-0.05, 0) is 12.6 Å². The molecule has 0 radical (unpaired) electrons. The van der Waals surface area contributed by atoms with Crippen molar-refractivity contribution >= 4 is 0 Å². The van der Waals surface area contributed by atoms with E-state index in [0.29, 0.717) is 0 Å². The van der Waals surface area contributed by atoms with Crippen molar-refractivity contribution in [3.8, 4) is 6.07 Å². The Morgan fingerprint density at radius 2 is 2.18 bits per heavy atom. The van der Waals surface area contributed by atoms with E-state index in [1.54, 1.807) is 12.5 Å². The van der Waals surface area contributed by atoms with Crippen LogP contribution < -0.4 is 0 Å². The number of imidazole rings is 1. The van der Waals surface area contributed by atoms with Gasteiger partial charge >= 0.3 is 0 Å². The second kappa shape index (κ2) is 5.28. The van der Waals surface area contributed by atoms with Crippen molar-refractivity contribution in [2.24, 2.45) is 0 Å². The quantitative estimate of drug-likeness (QED) is 0.868. The van der Waals surface area contributed by atoms with Gasteiger partial charge in [-0.15, -0.1) is 0 Å². The molecule has 1 N–H and O–H groups in total. The molecule has 1 heterocycles. The average molecular weight is 226 g/mol. The molecule has 17 heavy (non-hydrogen) atoms. The molecular weight excluding hydrogens is 212 g/mol. The number of H-pyrrole nitrogens is 1. The van der Waals surface area contributed by atoms with Gasteiger partial charge < -0.3 is 4.98 Å². The highest BCUT2D eigenvalue weighted by atomic mass is 15.1. The molecule has 0 aliphatic rings. The number of benzene rings is 1. The van der Waals surface area contributed by atoms with E-state index in [1.807, 2.05) is 30.1 Å². The first kappa shape index (κ1) is 11.4. The number of aromatic amines is 1. The van der Waals surface area contributed by atoms with Gasteiger partial charge in [0.2, 0.25) is 0 Å². The smallest absolute Gasteiger partial charge is 0.140 e. The van der Waals surface area contributed by atoms with Crippen molar-refractivity contribution < 1.29 is 0 Å². The van der Waals surface area contributed by atoms with E-state index in [-0.39, 0.29) is 6.04 Å². The van der Waals surface area contributed by atoms with Gasteiger partial charge in [-0.1, -0.05) is 30.3 Å². The third kappa shape index (κ3) is 2.71. The lowest BCUT2D eigenvalue weighted by atomic mass is 10.1. The van der Waals surface area contributed by atoms with Gasteiger partial charge in [-0.2, -0.15) is 5.26 Å². The number of rotatable bonds is 4. The minimum atomic E-state index is -0.294. The summed E-state index contributed by atoms with van der Waals surface area (Å²) in [6.45, 7) is 0.734. The predicted molar refractivity (Wildman–Crippen MR) is 64.9 cm³/mol. The van der Waals surface area contributed by atoms with E-state index >= 15 is 0 Å². The van der Waals surface area contributed by atoms with Crippen LogP contribution in [-0.4, -0.2) is 21.9 Å². The molecule has 0 saturated heterocycles. The van der Waals surface area contributed by atoms with Gasteiger partial charge in [0.25, 0.3) is 0 Å². The summed E-state index contributed by atoms with van der Waals surface area (Å²) in [4.78, 5) is 8.92. The summed E-state index contributed by atoms with van der Waals surface area (Å²) >= 11 is 0. The summed E-state index contributed by atoms with van der Waals surface area (Å²) in [5.41, 5.74) is 2.01. The highest BCUT2D eigenvalue weighted by molar-refractivity contribution is 5.17. The lowest BCUT2D eigenvalue weighted by Crippen LogP contribution is -2.23. The van der Waals surface area contributed by atoms with E-state index in [0.717, 1.165) is 12.2 Å². The molecule has 4 nitrogen and oxygen atoms in total. The first-order valence-corrected chi connectivity index (χ1v) is 5.43. The molecule has 2 rings (SSSR count). The largest absolute Gasteiger partial charge is 0.346 e. The molecular formula is C13H14N4. The fourth-order valence-electron chi connectivity index (χ4n) is 1.78. The molecule has 0 amide bonds. The van der Waals surface area contributed by atoms with Crippen LogP contribution in [0.4, 0.5) is 0 Å². The standard InChI is InChI=1S/C13H14N4/c1-17(9-11-5-3-2-4-6-11)13(7-14)12-8-15-10-16-12/h2-6,8,10,13H,9H2,1H3,(H,15,16). The molecule has 1 atom stereocenters. The molecule has 2 aromatic rings. The first-order valence-electron chi connectivity index (χ1n) is 5.43. The fraction of sp³-hybridized carbons (Fsp3) is 0.231. The van der Waals surface area contributed by atoms with Crippen LogP contribution in [0.5, 0.6) is 0 Å². The summed E-state index contributed by atoms with van der Waals surface area (Å²) < 4.78 is 0. The summed E-state index contributed by atoms with van der Waals surface area (Å²) in [6, 6.07) is 12.1. The fourth-order valence-corrected chi connectivity index (χ4v) is 1.78. The second-order valence-electron chi connectivity index (χ2n) is 3.94. The Hall–Kier alpha value is -2.12. The maximum atomic E-state index is 9.21. The number of nitrogens with one attached hydrogen (secondary N) is 1. The maximum absolute atomic E-state index is 9.21. The third-order valence-electron chi connectivity index (χ3n) is 2.65. The van der Waals surface area contributed by atoms with Crippen LogP contribution in [0.3, 0.4) is 0 Å². The molecule has 0 aliphatic carbocycles. The van der Waals surface area contributed by atoms with Crippen molar-refractivity contribution in [3.05, 3.63) is 54.1 Å². The van der Waals surface area contributed by atoms with Crippen molar-refractivity contribution in [1.29, 1.82) is 5.26 Å². The molecule has 0 saturated carbocycles. The zero-order chi connectivity index (χ0) is 12.1. The lowest BCUT2D eigenvalue weighted by Gasteiger charge is -2.21. The van der Waals surface area contributed by atoms with Gasteiger partial charge in [0.1, 0.15) is 6.04 Å². The molecule has 1 unspecified atom stereocenters. The normalized spacial score (nSPS) is 12.3. The van der Waals surface area contributed by atoms with Crippen molar-refractivity contribution in [2.45, 2.75) is 12.6 Å². The maximum Gasteiger partial charge on any atom is 0.140 e. The van der Waals surface area contributed by atoms with Crippen LogP contribution in [0.25, 0.3) is 0 Å².